The Balaban J connectivity index is 2.68. The maximum absolute atomic E-state index is 10.6. The Morgan fingerprint density at radius 3 is 2.37 bits per heavy atom. The van der Waals surface area contributed by atoms with Crippen molar-refractivity contribution in [1.82, 2.24) is 4.48 Å². The fourth-order valence-electron chi connectivity index (χ4n) is 1.92. The Bertz CT molecular complexity index is 539. The van der Waals surface area contributed by atoms with Gasteiger partial charge in [-0.15, -0.1) is 0 Å². The lowest BCUT2D eigenvalue weighted by Gasteiger charge is -2.29. The predicted molar refractivity (Wildman–Crippen MR) is 73.9 cm³/mol. The molecule has 0 aliphatic rings. The number of nitrogens with zero attached hydrogens (tertiary/aromatic N) is 1. The Labute approximate surface area is 113 Å². The van der Waals surface area contributed by atoms with Crippen molar-refractivity contribution in [2.45, 2.75) is 12.8 Å². The van der Waals surface area contributed by atoms with Gasteiger partial charge >= 0.3 is 0 Å². The molecule has 0 fully saturated rings. The number of hydrogen-bond acceptors (Lipinski definition) is 4. The third-order valence-corrected chi connectivity index (χ3v) is 3.82. The SMILES string of the molecule is C[N+](C)(CCCCS(=O)(=O)O)c1cccc(O)c1O. The van der Waals surface area contributed by atoms with Crippen LogP contribution in [0.5, 0.6) is 11.5 Å². The molecule has 0 spiro atoms. The van der Waals surface area contributed by atoms with Gasteiger partial charge in [0.1, 0.15) is 0 Å². The summed E-state index contributed by atoms with van der Waals surface area (Å²) in [5, 5.41) is 19.3. The standard InChI is InChI=1S/C12H19NO5S/c1-13(2,8-3-4-9-19(16,17)18)10-6-5-7-11(14)12(10)15/h5-7H,3-4,8-9H2,1-2H3,(H2-,14,15,16,17,18)/p+1. The van der Waals surface area contributed by atoms with Crippen LogP contribution < -0.4 is 4.48 Å². The molecule has 0 unspecified atom stereocenters. The summed E-state index contributed by atoms with van der Waals surface area (Å²) in [4.78, 5) is 0. The molecule has 0 heterocycles. The summed E-state index contributed by atoms with van der Waals surface area (Å²) in [6.45, 7) is 0.576. The predicted octanol–water partition coefficient (Wildman–Crippen LogP) is 1.33. The van der Waals surface area contributed by atoms with Crippen molar-refractivity contribution in [3.05, 3.63) is 18.2 Å². The zero-order valence-corrected chi connectivity index (χ0v) is 11.9. The number of quaternary nitrogens is 1. The third kappa shape index (κ3) is 4.70. The summed E-state index contributed by atoms with van der Waals surface area (Å²) < 4.78 is 30.2. The monoisotopic (exact) mass is 290 g/mol. The van der Waals surface area contributed by atoms with Crippen LogP contribution in [0.2, 0.25) is 0 Å². The first kappa shape index (κ1) is 15.7. The van der Waals surface area contributed by atoms with Gasteiger partial charge in [0, 0.05) is 6.07 Å². The van der Waals surface area contributed by atoms with E-state index in [2.05, 4.69) is 0 Å². The number of phenolic OH excluding ortho intramolecular Hbond substituents is 2. The van der Waals surface area contributed by atoms with E-state index in [9.17, 15) is 18.6 Å². The highest BCUT2D eigenvalue weighted by atomic mass is 32.2. The molecule has 1 aromatic carbocycles. The van der Waals surface area contributed by atoms with Gasteiger partial charge in [-0.05, 0) is 18.9 Å². The average Bonchev–Trinajstić information content (AvgIpc) is 2.27. The van der Waals surface area contributed by atoms with Crippen LogP contribution in [0.1, 0.15) is 12.8 Å². The van der Waals surface area contributed by atoms with Crippen LogP contribution in [-0.2, 0) is 10.1 Å². The van der Waals surface area contributed by atoms with Crippen molar-refractivity contribution in [3.8, 4) is 11.5 Å². The van der Waals surface area contributed by atoms with E-state index in [1.165, 1.54) is 6.07 Å². The molecule has 6 nitrogen and oxygen atoms in total. The van der Waals surface area contributed by atoms with Gasteiger partial charge in [0.25, 0.3) is 10.1 Å². The van der Waals surface area contributed by atoms with Crippen molar-refractivity contribution >= 4 is 15.8 Å². The minimum atomic E-state index is -3.92. The summed E-state index contributed by atoms with van der Waals surface area (Å²) in [6.07, 6.45) is 0.919. The van der Waals surface area contributed by atoms with Crippen molar-refractivity contribution in [1.29, 1.82) is 0 Å². The van der Waals surface area contributed by atoms with E-state index in [-0.39, 0.29) is 17.3 Å². The number of rotatable bonds is 6. The summed E-state index contributed by atoms with van der Waals surface area (Å²) in [5.74, 6) is -0.608. The first-order valence-corrected chi connectivity index (χ1v) is 7.54. The largest absolute Gasteiger partial charge is 0.504 e. The van der Waals surface area contributed by atoms with Crippen LogP contribution in [0, 0.1) is 0 Å². The molecule has 1 aromatic rings. The van der Waals surface area contributed by atoms with Crippen molar-refractivity contribution in [3.63, 3.8) is 0 Å². The summed E-state index contributed by atoms with van der Waals surface area (Å²) >= 11 is 0. The molecule has 0 aliphatic carbocycles. The maximum Gasteiger partial charge on any atom is 0.264 e. The molecular formula is C12H20NO5S+. The summed E-state index contributed by atoms with van der Waals surface area (Å²) in [6, 6.07) is 4.75. The van der Waals surface area contributed by atoms with Gasteiger partial charge < -0.3 is 10.2 Å². The van der Waals surface area contributed by atoms with E-state index in [4.69, 9.17) is 4.55 Å². The lowest BCUT2D eigenvalue weighted by molar-refractivity contribution is 0.351. The highest BCUT2D eigenvalue weighted by molar-refractivity contribution is 7.85. The molecule has 0 saturated heterocycles. The number of benzene rings is 1. The molecule has 19 heavy (non-hydrogen) atoms. The van der Waals surface area contributed by atoms with E-state index in [1.807, 2.05) is 14.1 Å². The molecule has 0 amide bonds. The molecule has 7 heteroatoms. The molecule has 0 aliphatic heterocycles. The fraction of sp³-hybridized carbons (Fsp3) is 0.500. The zero-order valence-electron chi connectivity index (χ0n) is 11.1. The van der Waals surface area contributed by atoms with Crippen LogP contribution in [0.4, 0.5) is 5.69 Å². The average molecular weight is 290 g/mol. The van der Waals surface area contributed by atoms with Gasteiger partial charge in [-0.1, -0.05) is 6.07 Å². The third-order valence-electron chi connectivity index (χ3n) is 3.02. The minimum absolute atomic E-state index is 0.165. The van der Waals surface area contributed by atoms with Crippen molar-refractivity contribution in [2.24, 2.45) is 0 Å². The fourth-order valence-corrected chi connectivity index (χ4v) is 2.49. The van der Waals surface area contributed by atoms with Crippen LogP contribution in [-0.4, -0.2) is 49.6 Å². The van der Waals surface area contributed by atoms with Gasteiger partial charge in [0.15, 0.2) is 11.4 Å². The molecule has 1 rings (SSSR count). The van der Waals surface area contributed by atoms with Crippen LogP contribution in [0.15, 0.2) is 18.2 Å². The van der Waals surface area contributed by atoms with E-state index >= 15 is 0 Å². The van der Waals surface area contributed by atoms with Gasteiger partial charge in [-0.25, -0.2) is 0 Å². The Kier molecular flexibility index (Phi) is 4.78. The molecule has 3 N–H and O–H groups in total. The highest BCUT2D eigenvalue weighted by Gasteiger charge is 2.24. The van der Waals surface area contributed by atoms with Crippen LogP contribution in [0.25, 0.3) is 0 Å². The topological polar surface area (TPSA) is 94.8 Å². The minimum Gasteiger partial charge on any atom is -0.504 e. The molecule has 108 valence electrons. The zero-order chi connectivity index (χ0) is 14.7. The van der Waals surface area contributed by atoms with Crippen molar-refractivity contribution < 1.29 is 23.2 Å². The molecule has 0 bridgehead atoms. The lowest BCUT2D eigenvalue weighted by atomic mass is 10.2. The second-order valence-corrected chi connectivity index (χ2v) is 6.62. The molecule has 0 atom stereocenters. The van der Waals surface area contributed by atoms with Crippen molar-refractivity contribution in [2.75, 3.05) is 26.4 Å². The van der Waals surface area contributed by atoms with Gasteiger partial charge in [-0.3, -0.25) is 9.04 Å². The molecule has 0 aromatic heterocycles. The number of para-hydroxylation sites is 1. The molecule has 0 radical (unpaired) electrons. The number of unbranched alkanes of at least 4 members (excludes halogenated alkanes) is 1. The normalized spacial score (nSPS) is 12.6. The van der Waals surface area contributed by atoms with E-state index in [0.717, 1.165) is 0 Å². The Morgan fingerprint density at radius 1 is 1.16 bits per heavy atom. The first-order valence-electron chi connectivity index (χ1n) is 5.93. The number of phenols is 2. The van der Waals surface area contributed by atoms with Gasteiger partial charge in [0.05, 0.1) is 26.4 Å². The number of hydrogen-bond donors (Lipinski definition) is 3. The first-order chi connectivity index (χ1) is 8.63. The molecule has 0 saturated carbocycles. The Morgan fingerprint density at radius 2 is 1.79 bits per heavy atom. The molecular weight excluding hydrogens is 270 g/mol. The summed E-state index contributed by atoms with van der Waals surface area (Å²) in [5.41, 5.74) is 0.562. The van der Waals surface area contributed by atoms with E-state index in [1.54, 1.807) is 12.1 Å². The maximum atomic E-state index is 10.6. The summed E-state index contributed by atoms with van der Waals surface area (Å²) in [7, 11) is -0.219. The van der Waals surface area contributed by atoms with E-state index in [0.29, 0.717) is 29.6 Å². The smallest absolute Gasteiger partial charge is 0.264 e. The second-order valence-electron chi connectivity index (χ2n) is 5.05. The van der Waals surface area contributed by atoms with Gasteiger partial charge in [-0.2, -0.15) is 8.42 Å². The lowest BCUT2D eigenvalue weighted by Crippen LogP contribution is -2.41. The van der Waals surface area contributed by atoms with Crippen LogP contribution in [0.3, 0.4) is 0 Å². The van der Waals surface area contributed by atoms with Crippen LogP contribution >= 0.6 is 0 Å². The highest BCUT2D eigenvalue weighted by Crippen LogP contribution is 2.37. The number of aromatic hydroxyl groups is 2. The van der Waals surface area contributed by atoms with Gasteiger partial charge in [0.2, 0.25) is 5.75 Å². The quantitative estimate of drug-likeness (QED) is 0.318. The second kappa shape index (κ2) is 5.77. The van der Waals surface area contributed by atoms with E-state index < -0.39 is 10.1 Å². The Hall–Kier alpha value is -1.31.